The molecule has 2 atom stereocenters. The highest BCUT2D eigenvalue weighted by molar-refractivity contribution is 7.14. The topological polar surface area (TPSA) is 32.3 Å². The van der Waals surface area contributed by atoms with Crippen molar-refractivity contribution in [3.63, 3.8) is 0 Å². The first-order valence-corrected chi connectivity index (χ1v) is 8.71. The van der Waals surface area contributed by atoms with Crippen molar-refractivity contribution in [3.8, 4) is 0 Å². The molecule has 0 spiro atoms. The Morgan fingerprint density at radius 1 is 1.40 bits per heavy atom. The van der Waals surface area contributed by atoms with Crippen LogP contribution in [0.3, 0.4) is 0 Å². The third kappa shape index (κ3) is 2.91. The SMILES string of the molecule is CCc1ccc(C(=O)N2CCCC(C3CCCN3)C2)s1. The fourth-order valence-corrected chi connectivity index (χ4v) is 4.39. The summed E-state index contributed by atoms with van der Waals surface area (Å²) < 4.78 is 0. The number of aryl methyl sites for hydroxylation is 1. The van der Waals surface area contributed by atoms with Crippen LogP contribution in [-0.2, 0) is 6.42 Å². The lowest BCUT2D eigenvalue weighted by Crippen LogP contribution is -2.45. The number of piperidine rings is 1. The van der Waals surface area contributed by atoms with E-state index < -0.39 is 0 Å². The van der Waals surface area contributed by atoms with Crippen LogP contribution in [-0.4, -0.2) is 36.5 Å². The van der Waals surface area contributed by atoms with Gasteiger partial charge in [-0.2, -0.15) is 0 Å². The number of nitrogens with one attached hydrogen (secondary N) is 1. The molecule has 1 amide bonds. The summed E-state index contributed by atoms with van der Waals surface area (Å²) in [6.45, 7) is 5.17. The van der Waals surface area contributed by atoms with E-state index in [1.807, 2.05) is 6.07 Å². The number of carbonyl (C=O) groups excluding carboxylic acids is 1. The van der Waals surface area contributed by atoms with E-state index in [2.05, 4.69) is 23.2 Å². The molecule has 2 aliphatic heterocycles. The van der Waals surface area contributed by atoms with Crippen LogP contribution >= 0.6 is 11.3 Å². The van der Waals surface area contributed by atoms with Crippen molar-refractivity contribution in [1.82, 2.24) is 10.2 Å². The maximum Gasteiger partial charge on any atom is 0.263 e. The van der Waals surface area contributed by atoms with Crippen molar-refractivity contribution in [2.45, 2.75) is 45.1 Å². The zero-order valence-electron chi connectivity index (χ0n) is 12.2. The van der Waals surface area contributed by atoms with Gasteiger partial charge in [0.05, 0.1) is 4.88 Å². The third-order valence-electron chi connectivity index (χ3n) is 4.63. The molecule has 1 aromatic heterocycles. The molecular weight excluding hydrogens is 268 g/mol. The van der Waals surface area contributed by atoms with Crippen LogP contribution in [0.1, 0.15) is 47.2 Å². The summed E-state index contributed by atoms with van der Waals surface area (Å²) in [5.74, 6) is 0.901. The second kappa shape index (κ2) is 6.27. The highest BCUT2D eigenvalue weighted by Gasteiger charge is 2.31. The lowest BCUT2D eigenvalue weighted by molar-refractivity contribution is 0.0656. The van der Waals surface area contributed by atoms with Gasteiger partial charge in [-0.15, -0.1) is 11.3 Å². The van der Waals surface area contributed by atoms with Crippen molar-refractivity contribution in [2.75, 3.05) is 19.6 Å². The van der Waals surface area contributed by atoms with Crippen LogP contribution < -0.4 is 5.32 Å². The summed E-state index contributed by atoms with van der Waals surface area (Å²) in [5.41, 5.74) is 0. The molecule has 20 heavy (non-hydrogen) atoms. The predicted molar refractivity (Wildman–Crippen MR) is 83.3 cm³/mol. The fraction of sp³-hybridized carbons (Fsp3) is 0.688. The molecule has 1 N–H and O–H groups in total. The molecule has 4 heteroatoms. The van der Waals surface area contributed by atoms with Gasteiger partial charge in [-0.05, 0) is 56.7 Å². The number of carbonyl (C=O) groups is 1. The second-order valence-corrected chi connectivity index (χ2v) is 7.14. The average Bonchev–Trinajstić information content (AvgIpc) is 3.17. The van der Waals surface area contributed by atoms with E-state index in [1.54, 1.807) is 11.3 Å². The number of hydrogen-bond donors (Lipinski definition) is 1. The summed E-state index contributed by atoms with van der Waals surface area (Å²) >= 11 is 1.66. The summed E-state index contributed by atoms with van der Waals surface area (Å²) in [6.07, 6.45) is 6.02. The first-order valence-electron chi connectivity index (χ1n) is 7.89. The number of rotatable bonds is 3. The molecule has 3 nitrogen and oxygen atoms in total. The second-order valence-electron chi connectivity index (χ2n) is 5.98. The lowest BCUT2D eigenvalue weighted by atomic mass is 9.89. The maximum atomic E-state index is 12.6. The number of likely N-dealkylation sites (tertiary alicyclic amines) is 1. The Morgan fingerprint density at radius 3 is 3.00 bits per heavy atom. The largest absolute Gasteiger partial charge is 0.338 e. The van der Waals surface area contributed by atoms with Gasteiger partial charge in [-0.1, -0.05) is 6.92 Å². The molecule has 0 radical (unpaired) electrons. The normalized spacial score (nSPS) is 26.9. The first-order chi connectivity index (χ1) is 9.78. The zero-order valence-corrected chi connectivity index (χ0v) is 13.0. The van der Waals surface area contributed by atoms with Crippen molar-refractivity contribution < 1.29 is 4.79 Å². The molecule has 0 aromatic carbocycles. The van der Waals surface area contributed by atoms with Gasteiger partial charge in [0, 0.05) is 24.0 Å². The fourth-order valence-electron chi connectivity index (χ4n) is 3.48. The van der Waals surface area contributed by atoms with E-state index in [0.717, 1.165) is 37.4 Å². The molecule has 0 saturated carbocycles. The number of nitrogens with zero attached hydrogens (tertiary/aromatic N) is 1. The van der Waals surface area contributed by atoms with E-state index in [1.165, 1.54) is 24.1 Å². The van der Waals surface area contributed by atoms with Crippen LogP contribution in [0.4, 0.5) is 0 Å². The number of hydrogen-bond acceptors (Lipinski definition) is 3. The number of amides is 1. The Balaban J connectivity index is 1.65. The third-order valence-corrected chi connectivity index (χ3v) is 5.85. The quantitative estimate of drug-likeness (QED) is 0.929. The zero-order chi connectivity index (χ0) is 13.9. The van der Waals surface area contributed by atoms with Gasteiger partial charge in [-0.25, -0.2) is 0 Å². The number of thiophene rings is 1. The molecule has 0 bridgehead atoms. The van der Waals surface area contributed by atoms with Crippen molar-refractivity contribution >= 4 is 17.2 Å². The minimum absolute atomic E-state index is 0.248. The van der Waals surface area contributed by atoms with Crippen molar-refractivity contribution in [1.29, 1.82) is 0 Å². The minimum atomic E-state index is 0.248. The van der Waals surface area contributed by atoms with E-state index in [0.29, 0.717) is 12.0 Å². The molecule has 1 aromatic rings. The van der Waals surface area contributed by atoms with Gasteiger partial charge in [0.15, 0.2) is 0 Å². The van der Waals surface area contributed by atoms with E-state index in [9.17, 15) is 4.79 Å². The van der Waals surface area contributed by atoms with Gasteiger partial charge in [0.2, 0.25) is 0 Å². The van der Waals surface area contributed by atoms with Gasteiger partial charge in [0.1, 0.15) is 0 Å². The Kier molecular flexibility index (Phi) is 4.41. The Hall–Kier alpha value is -0.870. The average molecular weight is 292 g/mol. The van der Waals surface area contributed by atoms with Crippen LogP contribution in [0.2, 0.25) is 0 Å². The van der Waals surface area contributed by atoms with Crippen molar-refractivity contribution in [2.24, 2.45) is 5.92 Å². The van der Waals surface area contributed by atoms with E-state index in [4.69, 9.17) is 0 Å². The monoisotopic (exact) mass is 292 g/mol. The molecule has 2 aliphatic rings. The highest BCUT2D eigenvalue weighted by Crippen LogP contribution is 2.27. The summed E-state index contributed by atoms with van der Waals surface area (Å²) in [4.78, 5) is 16.9. The van der Waals surface area contributed by atoms with E-state index in [-0.39, 0.29) is 5.91 Å². The summed E-state index contributed by atoms with van der Waals surface area (Å²) in [7, 11) is 0. The molecule has 0 aliphatic carbocycles. The lowest BCUT2D eigenvalue weighted by Gasteiger charge is -2.35. The van der Waals surface area contributed by atoms with Gasteiger partial charge < -0.3 is 10.2 Å². The first kappa shape index (κ1) is 14.1. The molecule has 2 unspecified atom stereocenters. The summed E-state index contributed by atoms with van der Waals surface area (Å²) in [5, 5.41) is 3.60. The maximum absolute atomic E-state index is 12.6. The standard InChI is InChI=1S/C16H24N2OS/c1-2-13-7-8-15(20-13)16(19)18-10-4-5-12(11-18)14-6-3-9-17-14/h7-8,12,14,17H,2-6,9-11H2,1H3. The Labute approximate surface area is 125 Å². The van der Waals surface area contributed by atoms with Crippen LogP contribution in [0, 0.1) is 5.92 Å². The van der Waals surface area contributed by atoms with Gasteiger partial charge in [0.25, 0.3) is 5.91 Å². The molecule has 2 fully saturated rings. The van der Waals surface area contributed by atoms with Gasteiger partial charge in [-0.3, -0.25) is 4.79 Å². The Bertz CT molecular complexity index is 465. The smallest absolute Gasteiger partial charge is 0.263 e. The highest BCUT2D eigenvalue weighted by atomic mass is 32.1. The molecule has 3 heterocycles. The van der Waals surface area contributed by atoms with Crippen LogP contribution in [0.25, 0.3) is 0 Å². The predicted octanol–water partition coefficient (Wildman–Crippen LogP) is 2.91. The molecule has 3 rings (SSSR count). The molecular formula is C16H24N2OS. The van der Waals surface area contributed by atoms with Crippen LogP contribution in [0.15, 0.2) is 12.1 Å². The Morgan fingerprint density at radius 2 is 2.30 bits per heavy atom. The van der Waals surface area contributed by atoms with E-state index >= 15 is 0 Å². The van der Waals surface area contributed by atoms with Crippen LogP contribution in [0.5, 0.6) is 0 Å². The molecule has 110 valence electrons. The molecule has 2 saturated heterocycles. The summed E-state index contributed by atoms with van der Waals surface area (Å²) in [6, 6.07) is 4.74. The minimum Gasteiger partial charge on any atom is -0.338 e. The van der Waals surface area contributed by atoms with Gasteiger partial charge >= 0.3 is 0 Å². The van der Waals surface area contributed by atoms with Crippen molar-refractivity contribution in [3.05, 3.63) is 21.9 Å².